The molecule has 0 fully saturated rings. The molecule has 6 heteroatoms. The minimum Gasteiger partial charge on any atom is -0.374 e. The Hall–Kier alpha value is -1.17. The zero-order chi connectivity index (χ0) is 15.2. The third-order valence-electron chi connectivity index (χ3n) is 2.89. The molecule has 0 unspecified atom stereocenters. The van der Waals surface area contributed by atoms with Gasteiger partial charge in [-0.05, 0) is 37.1 Å². The van der Waals surface area contributed by atoms with E-state index < -0.39 is 0 Å². The molecule has 0 aliphatic carbocycles. The van der Waals surface area contributed by atoms with Crippen molar-refractivity contribution < 1.29 is 4.74 Å². The smallest absolute Gasteiger partial charge is 0.158 e. The summed E-state index contributed by atoms with van der Waals surface area (Å²) in [6.07, 6.45) is 0.923. The van der Waals surface area contributed by atoms with Crippen molar-refractivity contribution >= 4 is 39.0 Å². The quantitative estimate of drug-likeness (QED) is 0.746. The van der Waals surface area contributed by atoms with Crippen LogP contribution in [0.4, 0.5) is 11.5 Å². The lowest BCUT2D eigenvalue weighted by molar-refractivity contribution is 0.128. The summed E-state index contributed by atoms with van der Waals surface area (Å²) in [5.41, 5.74) is 2.21. The van der Waals surface area contributed by atoms with Crippen molar-refractivity contribution in [2.45, 2.75) is 26.9 Å². The van der Waals surface area contributed by atoms with Crippen molar-refractivity contribution in [2.75, 3.05) is 11.9 Å². The minimum atomic E-state index is 0.354. The monoisotopic (exact) mass is 369 g/mol. The molecule has 1 N–H and O–H groups in total. The number of rotatable bonds is 6. The van der Waals surface area contributed by atoms with E-state index in [1.807, 2.05) is 19.1 Å². The summed E-state index contributed by atoms with van der Waals surface area (Å²) in [5, 5.41) is 3.70. The lowest BCUT2D eigenvalue weighted by Gasteiger charge is -2.12. The molecule has 1 aromatic carbocycles. The van der Waals surface area contributed by atoms with E-state index in [2.05, 4.69) is 44.2 Å². The van der Waals surface area contributed by atoms with Gasteiger partial charge in [-0.2, -0.15) is 0 Å². The minimum absolute atomic E-state index is 0.354. The number of hydrogen-bond donors (Lipinski definition) is 1. The average molecular weight is 371 g/mol. The molecule has 4 nitrogen and oxygen atoms in total. The maximum atomic E-state index is 6.04. The number of nitrogens with zero attached hydrogens (tertiary/aromatic N) is 2. The molecule has 1 aromatic heterocycles. The Morgan fingerprint density at radius 3 is 2.76 bits per heavy atom. The largest absolute Gasteiger partial charge is 0.374 e. The zero-order valence-electron chi connectivity index (χ0n) is 12.0. The van der Waals surface area contributed by atoms with Gasteiger partial charge in [-0.3, -0.25) is 0 Å². The molecule has 0 spiro atoms. The maximum Gasteiger partial charge on any atom is 0.158 e. The molecule has 0 aliphatic rings. The van der Waals surface area contributed by atoms with Crippen LogP contribution in [0.5, 0.6) is 0 Å². The summed E-state index contributed by atoms with van der Waals surface area (Å²) in [5.74, 6) is 1.24. The molecular weight excluding hydrogens is 354 g/mol. The summed E-state index contributed by atoms with van der Waals surface area (Å²) >= 11 is 9.52. The third kappa shape index (κ3) is 4.66. The van der Waals surface area contributed by atoms with E-state index >= 15 is 0 Å². The Kier molecular flexibility index (Phi) is 5.96. The Balaban J connectivity index is 2.24. The van der Waals surface area contributed by atoms with Crippen LogP contribution >= 0.6 is 27.5 Å². The number of aromatic nitrogens is 2. The van der Waals surface area contributed by atoms with E-state index in [4.69, 9.17) is 16.3 Å². The fraction of sp³-hybridized carbons (Fsp3) is 0.333. The maximum absolute atomic E-state index is 6.04. The van der Waals surface area contributed by atoms with Gasteiger partial charge in [0.1, 0.15) is 17.6 Å². The number of halogens is 2. The predicted molar refractivity (Wildman–Crippen MR) is 89.2 cm³/mol. The highest BCUT2D eigenvalue weighted by molar-refractivity contribution is 9.10. The van der Waals surface area contributed by atoms with Crippen LogP contribution in [0.2, 0.25) is 5.15 Å². The van der Waals surface area contributed by atoms with Crippen molar-refractivity contribution in [3.8, 4) is 0 Å². The van der Waals surface area contributed by atoms with Crippen LogP contribution < -0.4 is 5.32 Å². The average Bonchev–Trinajstić information content (AvgIpc) is 2.46. The Morgan fingerprint density at radius 2 is 2.05 bits per heavy atom. The SMILES string of the molecule is CCOCc1nc(Cl)cc(Nc2ccc(Br)cc2CC)n1. The Morgan fingerprint density at radius 1 is 1.24 bits per heavy atom. The van der Waals surface area contributed by atoms with Gasteiger partial charge in [0.25, 0.3) is 0 Å². The van der Waals surface area contributed by atoms with E-state index in [-0.39, 0.29) is 0 Å². The van der Waals surface area contributed by atoms with Gasteiger partial charge in [-0.1, -0.05) is 34.5 Å². The van der Waals surface area contributed by atoms with Gasteiger partial charge in [0.05, 0.1) is 0 Å². The fourth-order valence-electron chi connectivity index (χ4n) is 1.90. The van der Waals surface area contributed by atoms with Gasteiger partial charge in [0.2, 0.25) is 0 Å². The Bertz CT molecular complexity index is 622. The molecule has 0 aliphatic heterocycles. The zero-order valence-corrected chi connectivity index (χ0v) is 14.3. The molecule has 2 aromatic rings. The Labute approximate surface area is 138 Å². The van der Waals surface area contributed by atoms with Gasteiger partial charge in [-0.25, -0.2) is 9.97 Å². The van der Waals surface area contributed by atoms with E-state index in [9.17, 15) is 0 Å². The van der Waals surface area contributed by atoms with Crippen LogP contribution in [0.1, 0.15) is 25.2 Å². The van der Waals surface area contributed by atoms with Crippen LogP contribution in [0.25, 0.3) is 0 Å². The first-order valence-electron chi connectivity index (χ1n) is 6.79. The van der Waals surface area contributed by atoms with E-state index in [1.165, 1.54) is 5.56 Å². The summed E-state index contributed by atoms with van der Waals surface area (Å²) in [6, 6.07) is 7.80. The summed E-state index contributed by atoms with van der Waals surface area (Å²) in [7, 11) is 0. The number of ether oxygens (including phenoxy) is 1. The van der Waals surface area contributed by atoms with Gasteiger partial charge < -0.3 is 10.1 Å². The van der Waals surface area contributed by atoms with E-state index in [1.54, 1.807) is 6.07 Å². The van der Waals surface area contributed by atoms with Crippen LogP contribution in [-0.2, 0) is 17.8 Å². The standard InChI is InChI=1S/C15H17BrClN3O/c1-3-10-7-11(16)5-6-12(10)18-14-8-13(17)19-15(20-14)9-21-4-2/h5-8H,3-4,9H2,1-2H3,(H,18,19,20). The number of hydrogen-bond acceptors (Lipinski definition) is 4. The second-order valence-electron chi connectivity index (χ2n) is 4.41. The fourth-order valence-corrected chi connectivity index (χ4v) is 2.51. The second-order valence-corrected chi connectivity index (χ2v) is 5.71. The highest BCUT2D eigenvalue weighted by atomic mass is 79.9. The van der Waals surface area contributed by atoms with E-state index in [0.29, 0.717) is 30.0 Å². The second kappa shape index (κ2) is 7.73. The molecular formula is C15H17BrClN3O. The molecule has 112 valence electrons. The van der Waals surface area contributed by atoms with E-state index in [0.717, 1.165) is 16.6 Å². The molecule has 0 atom stereocenters. The summed E-state index contributed by atoms with van der Waals surface area (Å²) in [4.78, 5) is 8.57. The van der Waals surface area contributed by atoms with Crippen molar-refractivity contribution in [2.24, 2.45) is 0 Å². The first-order chi connectivity index (χ1) is 10.1. The molecule has 1 heterocycles. The topological polar surface area (TPSA) is 47.0 Å². The lowest BCUT2D eigenvalue weighted by Crippen LogP contribution is -2.04. The van der Waals surface area contributed by atoms with Crippen LogP contribution in [-0.4, -0.2) is 16.6 Å². The van der Waals surface area contributed by atoms with Crippen molar-refractivity contribution in [1.82, 2.24) is 9.97 Å². The molecule has 0 saturated heterocycles. The van der Waals surface area contributed by atoms with Gasteiger partial charge in [-0.15, -0.1) is 0 Å². The lowest BCUT2D eigenvalue weighted by atomic mass is 10.1. The van der Waals surface area contributed by atoms with Crippen LogP contribution in [0.3, 0.4) is 0 Å². The van der Waals surface area contributed by atoms with Crippen LogP contribution in [0, 0.1) is 0 Å². The van der Waals surface area contributed by atoms with Crippen molar-refractivity contribution in [3.05, 3.63) is 45.3 Å². The van der Waals surface area contributed by atoms with Crippen molar-refractivity contribution in [3.63, 3.8) is 0 Å². The normalized spacial score (nSPS) is 10.7. The predicted octanol–water partition coefficient (Wildman–Crippen LogP) is 4.74. The third-order valence-corrected chi connectivity index (χ3v) is 3.57. The van der Waals surface area contributed by atoms with Gasteiger partial charge >= 0.3 is 0 Å². The summed E-state index contributed by atoms with van der Waals surface area (Å²) < 4.78 is 6.38. The van der Waals surface area contributed by atoms with Crippen LogP contribution in [0.15, 0.2) is 28.7 Å². The molecule has 0 amide bonds. The highest BCUT2D eigenvalue weighted by Gasteiger charge is 2.07. The highest BCUT2D eigenvalue weighted by Crippen LogP contribution is 2.25. The first-order valence-corrected chi connectivity index (χ1v) is 7.96. The molecule has 0 radical (unpaired) electrons. The van der Waals surface area contributed by atoms with Gasteiger partial charge in [0.15, 0.2) is 5.82 Å². The molecule has 0 saturated carbocycles. The number of benzene rings is 1. The molecule has 0 bridgehead atoms. The number of aryl methyl sites for hydroxylation is 1. The number of anilines is 2. The molecule has 21 heavy (non-hydrogen) atoms. The molecule has 2 rings (SSSR count). The first kappa shape index (κ1) is 16.2. The van der Waals surface area contributed by atoms with Gasteiger partial charge in [0, 0.05) is 22.8 Å². The summed E-state index contributed by atoms with van der Waals surface area (Å²) in [6.45, 7) is 5.01. The van der Waals surface area contributed by atoms with Crippen molar-refractivity contribution in [1.29, 1.82) is 0 Å². The number of nitrogens with one attached hydrogen (secondary N) is 1.